The van der Waals surface area contributed by atoms with E-state index in [1.54, 1.807) is 24.3 Å². The Bertz CT molecular complexity index is 580. The van der Waals surface area contributed by atoms with Crippen molar-refractivity contribution in [3.63, 3.8) is 0 Å². The molecule has 1 aromatic heterocycles. The van der Waals surface area contributed by atoms with Crippen molar-refractivity contribution in [3.8, 4) is 0 Å². The van der Waals surface area contributed by atoms with Crippen molar-refractivity contribution >= 4 is 22.7 Å². The van der Waals surface area contributed by atoms with Gasteiger partial charge in [0, 0.05) is 28.4 Å². The van der Waals surface area contributed by atoms with E-state index >= 15 is 0 Å². The van der Waals surface area contributed by atoms with Crippen LogP contribution in [0.2, 0.25) is 0 Å². The Morgan fingerprint density at radius 3 is 2.83 bits per heavy atom. The van der Waals surface area contributed by atoms with E-state index in [9.17, 15) is 10.1 Å². The number of hydrogen-bond donors (Lipinski definition) is 1. The van der Waals surface area contributed by atoms with Crippen molar-refractivity contribution in [3.05, 3.63) is 50.0 Å². The SMILES string of the molecule is Cc1ncc(CNc2cccc([N+](=O)[O-])c2C)s1. The Hall–Kier alpha value is -1.95. The molecule has 2 aromatic rings. The van der Waals surface area contributed by atoms with Crippen LogP contribution in [0.25, 0.3) is 0 Å². The van der Waals surface area contributed by atoms with Gasteiger partial charge in [0.25, 0.3) is 5.69 Å². The third kappa shape index (κ3) is 2.65. The van der Waals surface area contributed by atoms with E-state index in [1.165, 1.54) is 6.07 Å². The molecule has 0 spiro atoms. The molecule has 18 heavy (non-hydrogen) atoms. The van der Waals surface area contributed by atoms with Gasteiger partial charge < -0.3 is 5.32 Å². The van der Waals surface area contributed by atoms with E-state index in [0.717, 1.165) is 15.6 Å². The van der Waals surface area contributed by atoms with Crippen LogP contribution >= 0.6 is 11.3 Å². The third-order valence-corrected chi connectivity index (χ3v) is 3.54. The van der Waals surface area contributed by atoms with Gasteiger partial charge in [-0.15, -0.1) is 11.3 Å². The van der Waals surface area contributed by atoms with Crippen LogP contribution in [-0.2, 0) is 6.54 Å². The fraction of sp³-hybridized carbons (Fsp3) is 0.250. The monoisotopic (exact) mass is 263 g/mol. The second kappa shape index (κ2) is 5.14. The van der Waals surface area contributed by atoms with Gasteiger partial charge in [-0.1, -0.05) is 6.07 Å². The predicted octanol–water partition coefficient (Wildman–Crippen LogP) is 3.28. The second-order valence-corrected chi connectivity index (χ2v) is 5.23. The van der Waals surface area contributed by atoms with Crippen molar-refractivity contribution in [2.75, 3.05) is 5.32 Å². The van der Waals surface area contributed by atoms with Gasteiger partial charge in [0.2, 0.25) is 0 Å². The van der Waals surface area contributed by atoms with Gasteiger partial charge in [-0.25, -0.2) is 4.98 Å². The lowest BCUT2D eigenvalue weighted by Crippen LogP contribution is -2.01. The molecule has 0 aliphatic heterocycles. The summed E-state index contributed by atoms with van der Waals surface area (Å²) in [5.74, 6) is 0. The number of nitrogens with zero attached hydrogens (tertiary/aromatic N) is 2. The predicted molar refractivity (Wildman–Crippen MR) is 72.0 cm³/mol. The summed E-state index contributed by atoms with van der Waals surface area (Å²) in [4.78, 5) is 15.7. The molecule has 0 fully saturated rings. The number of anilines is 1. The lowest BCUT2D eigenvalue weighted by Gasteiger charge is -2.08. The van der Waals surface area contributed by atoms with Crippen LogP contribution in [0, 0.1) is 24.0 Å². The van der Waals surface area contributed by atoms with Crippen LogP contribution in [0.1, 0.15) is 15.4 Å². The molecule has 1 aromatic carbocycles. The molecular formula is C12H13N3O2S. The van der Waals surface area contributed by atoms with Crippen LogP contribution in [0.3, 0.4) is 0 Å². The fourth-order valence-corrected chi connectivity index (χ4v) is 2.42. The molecule has 1 N–H and O–H groups in total. The molecule has 94 valence electrons. The number of nitro benzene ring substituents is 1. The number of aromatic nitrogens is 1. The molecule has 0 aliphatic rings. The normalized spacial score (nSPS) is 10.3. The number of benzene rings is 1. The number of thiazole rings is 1. The first-order valence-electron chi connectivity index (χ1n) is 5.47. The average Bonchev–Trinajstić information content (AvgIpc) is 2.73. The zero-order chi connectivity index (χ0) is 13.1. The smallest absolute Gasteiger partial charge is 0.274 e. The van der Waals surface area contributed by atoms with E-state index in [-0.39, 0.29) is 10.6 Å². The van der Waals surface area contributed by atoms with Crippen molar-refractivity contribution in [2.45, 2.75) is 20.4 Å². The number of hydrogen-bond acceptors (Lipinski definition) is 5. The maximum Gasteiger partial charge on any atom is 0.274 e. The molecule has 0 saturated heterocycles. The molecule has 0 aliphatic carbocycles. The minimum absolute atomic E-state index is 0.139. The zero-order valence-electron chi connectivity index (χ0n) is 10.1. The summed E-state index contributed by atoms with van der Waals surface area (Å²) in [5, 5.41) is 15.0. The Kier molecular flexibility index (Phi) is 3.57. The van der Waals surface area contributed by atoms with Crippen LogP contribution in [0.4, 0.5) is 11.4 Å². The van der Waals surface area contributed by atoms with E-state index < -0.39 is 0 Å². The minimum atomic E-state index is -0.364. The highest BCUT2D eigenvalue weighted by molar-refractivity contribution is 7.11. The Balaban J connectivity index is 2.14. The summed E-state index contributed by atoms with van der Waals surface area (Å²) in [6.07, 6.45) is 1.82. The zero-order valence-corrected chi connectivity index (χ0v) is 11.0. The molecule has 0 saturated carbocycles. The quantitative estimate of drug-likeness (QED) is 0.679. The van der Waals surface area contributed by atoms with Crippen molar-refractivity contribution in [2.24, 2.45) is 0 Å². The highest BCUT2D eigenvalue weighted by Crippen LogP contribution is 2.25. The first-order valence-corrected chi connectivity index (χ1v) is 6.29. The number of nitrogens with one attached hydrogen (secondary N) is 1. The third-order valence-electron chi connectivity index (χ3n) is 2.62. The standard InChI is InChI=1S/C12H13N3O2S/c1-8-11(4-3-5-12(8)15(16)17)14-7-10-6-13-9(2)18-10/h3-6,14H,7H2,1-2H3. The Morgan fingerprint density at radius 2 is 2.22 bits per heavy atom. The van der Waals surface area contributed by atoms with Crippen LogP contribution in [0.5, 0.6) is 0 Å². The molecule has 2 rings (SSSR count). The van der Waals surface area contributed by atoms with E-state index in [0.29, 0.717) is 12.1 Å². The highest BCUT2D eigenvalue weighted by Gasteiger charge is 2.12. The van der Waals surface area contributed by atoms with Gasteiger partial charge >= 0.3 is 0 Å². The van der Waals surface area contributed by atoms with Gasteiger partial charge in [-0.05, 0) is 19.9 Å². The molecule has 0 radical (unpaired) electrons. The van der Waals surface area contributed by atoms with Crippen LogP contribution in [-0.4, -0.2) is 9.91 Å². The van der Waals surface area contributed by atoms with E-state index in [2.05, 4.69) is 10.3 Å². The Labute approximate surface area is 109 Å². The summed E-state index contributed by atoms with van der Waals surface area (Å²) in [6.45, 7) is 4.33. The molecule has 0 unspecified atom stereocenters. The number of nitro groups is 1. The Morgan fingerprint density at radius 1 is 1.44 bits per heavy atom. The van der Waals surface area contributed by atoms with Crippen molar-refractivity contribution in [1.29, 1.82) is 0 Å². The molecule has 5 nitrogen and oxygen atoms in total. The maximum absolute atomic E-state index is 10.8. The summed E-state index contributed by atoms with van der Waals surface area (Å²) < 4.78 is 0. The lowest BCUT2D eigenvalue weighted by atomic mass is 10.1. The molecule has 0 bridgehead atoms. The van der Waals surface area contributed by atoms with Crippen molar-refractivity contribution in [1.82, 2.24) is 4.98 Å². The van der Waals surface area contributed by atoms with Gasteiger partial charge in [-0.2, -0.15) is 0 Å². The number of aryl methyl sites for hydroxylation is 1. The van der Waals surface area contributed by atoms with Gasteiger partial charge in [-0.3, -0.25) is 10.1 Å². The fourth-order valence-electron chi connectivity index (χ4n) is 1.68. The molecule has 6 heteroatoms. The van der Waals surface area contributed by atoms with Gasteiger partial charge in [0.15, 0.2) is 0 Å². The van der Waals surface area contributed by atoms with E-state index in [1.807, 2.05) is 19.2 Å². The lowest BCUT2D eigenvalue weighted by molar-refractivity contribution is -0.385. The molecule has 1 heterocycles. The van der Waals surface area contributed by atoms with Crippen molar-refractivity contribution < 1.29 is 4.92 Å². The summed E-state index contributed by atoms with van der Waals surface area (Å²) >= 11 is 1.62. The van der Waals surface area contributed by atoms with E-state index in [4.69, 9.17) is 0 Å². The molecule has 0 atom stereocenters. The first kappa shape index (κ1) is 12.5. The molecular weight excluding hydrogens is 250 g/mol. The largest absolute Gasteiger partial charge is 0.380 e. The minimum Gasteiger partial charge on any atom is -0.380 e. The van der Waals surface area contributed by atoms with Gasteiger partial charge in [0.1, 0.15) is 0 Å². The highest BCUT2D eigenvalue weighted by atomic mass is 32.1. The van der Waals surface area contributed by atoms with Gasteiger partial charge in [0.05, 0.1) is 16.5 Å². The molecule has 0 amide bonds. The topological polar surface area (TPSA) is 68.1 Å². The van der Waals surface area contributed by atoms with Crippen LogP contribution < -0.4 is 5.32 Å². The first-order chi connectivity index (χ1) is 8.58. The number of rotatable bonds is 4. The average molecular weight is 263 g/mol. The second-order valence-electron chi connectivity index (χ2n) is 3.91. The summed E-state index contributed by atoms with van der Waals surface area (Å²) in [5.41, 5.74) is 1.58. The maximum atomic E-state index is 10.8. The summed E-state index contributed by atoms with van der Waals surface area (Å²) in [6, 6.07) is 5.04. The van der Waals surface area contributed by atoms with Crippen LogP contribution in [0.15, 0.2) is 24.4 Å². The summed E-state index contributed by atoms with van der Waals surface area (Å²) in [7, 11) is 0.